The number of fused-ring (bicyclic) bond motifs is 1. The number of allylic oxidation sites excluding steroid dienone is 2. The molecule has 0 spiro atoms. The third-order valence-corrected chi connectivity index (χ3v) is 3.67. The second kappa shape index (κ2) is 7.19. The van der Waals surface area contributed by atoms with Crippen LogP contribution in [0.25, 0.3) is 23.1 Å². The lowest BCUT2D eigenvalue weighted by atomic mass is 10.2. The van der Waals surface area contributed by atoms with E-state index in [-0.39, 0.29) is 5.75 Å². The van der Waals surface area contributed by atoms with Crippen molar-refractivity contribution < 1.29 is 5.11 Å². The molecule has 0 fully saturated rings. The van der Waals surface area contributed by atoms with Crippen LogP contribution in [-0.4, -0.2) is 22.1 Å². The number of anilines is 1. The average molecular weight is 335 g/mol. The van der Waals surface area contributed by atoms with Gasteiger partial charge in [-0.05, 0) is 48.0 Å². The Kier molecular flexibility index (Phi) is 4.82. The molecule has 2 heterocycles. The van der Waals surface area contributed by atoms with Gasteiger partial charge in [0.1, 0.15) is 11.6 Å². The van der Waals surface area contributed by atoms with E-state index in [1.165, 1.54) is 0 Å². The van der Waals surface area contributed by atoms with Gasteiger partial charge in [0.25, 0.3) is 0 Å². The van der Waals surface area contributed by atoms with Gasteiger partial charge in [-0.1, -0.05) is 37.1 Å². The number of rotatable bonds is 4. The Hall–Kier alpha value is -2.79. The summed E-state index contributed by atoms with van der Waals surface area (Å²) in [6, 6.07) is 12.9. The summed E-state index contributed by atoms with van der Waals surface area (Å²) in [5.74, 6) is 1.05. The largest absolute Gasteiger partial charge is 0.508 e. The van der Waals surface area contributed by atoms with Crippen LogP contribution >= 0.6 is 12.8 Å². The first kappa shape index (κ1) is 16.1. The molecule has 5 heteroatoms. The lowest BCUT2D eigenvalue weighted by molar-refractivity contribution is 0.476. The van der Waals surface area contributed by atoms with Gasteiger partial charge < -0.3 is 9.41 Å². The molecule has 2 aromatic heterocycles. The van der Waals surface area contributed by atoms with Gasteiger partial charge in [-0.3, -0.25) is 0 Å². The first-order chi connectivity index (χ1) is 11.6. The molecule has 0 bridgehead atoms. The second-order valence-electron chi connectivity index (χ2n) is 5.30. The summed E-state index contributed by atoms with van der Waals surface area (Å²) in [6.45, 7) is 0. The first-order valence-corrected chi connectivity index (χ1v) is 7.85. The Morgan fingerprint density at radius 3 is 2.62 bits per heavy atom. The maximum absolute atomic E-state index is 9.47. The fourth-order valence-electron chi connectivity index (χ4n) is 2.23. The smallest absolute Gasteiger partial charge is 0.137 e. The minimum Gasteiger partial charge on any atom is -0.508 e. The highest BCUT2D eigenvalue weighted by Gasteiger charge is 1.97. The molecule has 1 aromatic carbocycles. The zero-order valence-corrected chi connectivity index (χ0v) is 14.1. The average Bonchev–Trinajstić information content (AvgIpc) is 2.59. The van der Waals surface area contributed by atoms with Crippen LogP contribution in [0.4, 0.5) is 5.82 Å². The summed E-state index contributed by atoms with van der Waals surface area (Å²) in [4.78, 5) is 8.83. The van der Waals surface area contributed by atoms with Crippen molar-refractivity contribution in [3.05, 3.63) is 72.1 Å². The maximum Gasteiger partial charge on any atom is 0.137 e. The Labute approximate surface area is 146 Å². The number of phenolic OH excluding ortho intramolecular Hbond substituents is 1. The standard InChI is InChI=1S/C19H17N3OS/c1-22(24)19-11-6-14(13-20-19)4-2-3-5-16-8-7-15-12-17(23)9-10-18(15)21-16/h2-13,23-24H,1H3/b4-2+,5-3+. The summed E-state index contributed by atoms with van der Waals surface area (Å²) in [6.07, 6.45) is 9.60. The van der Waals surface area contributed by atoms with Crippen molar-refractivity contribution in [1.29, 1.82) is 0 Å². The molecule has 0 unspecified atom stereocenters. The normalized spacial score (nSPS) is 11.6. The lowest BCUT2D eigenvalue weighted by Gasteiger charge is -2.08. The summed E-state index contributed by atoms with van der Waals surface area (Å²) in [5, 5.41) is 10.4. The number of hydrogen-bond donors (Lipinski definition) is 2. The van der Waals surface area contributed by atoms with Gasteiger partial charge in [-0.25, -0.2) is 9.97 Å². The molecule has 3 aromatic rings. The van der Waals surface area contributed by atoms with Crippen LogP contribution in [0.2, 0.25) is 0 Å². The van der Waals surface area contributed by atoms with Crippen molar-refractivity contribution in [2.45, 2.75) is 0 Å². The zero-order valence-electron chi connectivity index (χ0n) is 13.2. The van der Waals surface area contributed by atoms with E-state index in [1.54, 1.807) is 22.6 Å². The van der Waals surface area contributed by atoms with Crippen molar-refractivity contribution in [2.75, 3.05) is 11.4 Å². The molecule has 120 valence electrons. The molecule has 0 aliphatic carbocycles. The van der Waals surface area contributed by atoms with Gasteiger partial charge in [-0.2, -0.15) is 0 Å². The third kappa shape index (κ3) is 3.94. The van der Waals surface area contributed by atoms with Crippen LogP contribution in [0.5, 0.6) is 5.75 Å². The Balaban J connectivity index is 1.70. The lowest BCUT2D eigenvalue weighted by Crippen LogP contribution is -2.02. The highest BCUT2D eigenvalue weighted by atomic mass is 32.1. The number of benzene rings is 1. The number of aromatic nitrogens is 2. The summed E-state index contributed by atoms with van der Waals surface area (Å²) < 4.78 is 1.67. The summed E-state index contributed by atoms with van der Waals surface area (Å²) >= 11 is 4.20. The first-order valence-electron chi connectivity index (χ1n) is 7.45. The van der Waals surface area contributed by atoms with Crippen molar-refractivity contribution in [2.24, 2.45) is 0 Å². The maximum atomic E-state index is 9.47. The van der Waals surface area contributed by atoms with Crippen LogP contribution in [0.15, 0.2) is 60.8 Å². The van der Waals surface area contributed by atoms with Crippen molar-refractivity contribution in [3.8, 4) is 5.75 Å². The Morgan fingerprint density at radius 1 is 1.04 bits per heavy atom. The molecule has 0 amide bonds. The molecule has 3 rings (SSSR count). The predicted octanol–water partition coefficient (Wildman–Crippen LogP) is 4.34. The molecular formula is C19H17N3OS. The van der Waals surface area contributed by atoms with E-state index in [9.17, 15) is 5.11 Å². The predicted molar refractivity (Wildman–Crippen MR) is 103 cm³/mol. The highest BCUT2D eigenvalue weighted by Crippen LogP contribution is 2.19. The quantitative estimate of drug-likeness (QED) is 0.550. The SMILES string of the molecule is CN(S)c1ccc(/C=C/C=C/c2ccc3cc(O)ccc3n2)cn1. The number of phenols is 1. The highest BCUT2D eigenvalue weighted by molar-refractivity contribution is 7.81. The minimum absolute atomic E-state index is 0.249. The third-order valence-electron chi connectivity index (χ3n) is 3.46. The van der Waals surface area contributed by atoms with E-state index in [1.807, 2.05) is 61.7 Å². The van der Waals surface area contributed by atoms with Gasteiger partial charge in [0.2, 0.25) is 0 Å². The Morgan fingerprint density at radius 2 is 1.88 bits per heavy atom. The molecule has 0 aliphatic rings. The molecule has 0 atom stereocenters. The molecule has 0 saturated heterocycles. The van der Waals surface area contributed by atoms with Crippen LogP contribution < -0.4 is 4.31 Å². The molecule has 0 radical (unpaired) electrons. The van der Waals surface area contributed by atoms with Crippen molar-refractivity contribution in [1.82, 2.24) is 9.97 Å². The molecule has 1 N–H and O–H groups in total. The van der Waals surface area contributed by atoms with Gasteiger partial charge in [-0.15, -0.1) is 0 Å². The van der Waals surface area contributed by atoms with Crippen LogP contribution in [-0.2, 0) is 0 Å². The second-order valence-corrected chi connectivity index (χ2v) is 5.90. The molecule has 24 heavy (non-hydrogen) atoms. The monoisotopic (exact) mass is 335 g/mol. The number of thiol groups is 1. The molecule has 0 saturated carbocycles. The fourth-order valence-corrected chi connectivity index (χ4v) is 2.35. The van der Waals surface area contributed by atoms with Crippen molar-refractivity contribution in [3.63, 3.8) is 0 Å². The van der Waals surface area contributed by atoms with E-state index in [0.717, 1.165) is 28.0 Å². The molecule has 4 nitrogen and oxygen atoms in total. The van der Waals surface area contributed by atoms with E-state index in [2.05, 4.69) is 22.8 Å². The summed E-state index contributed by atoms with van der Waals surface area (Å²) in [7, 11) is 1.83. The van der Waals surface area contributed by atoms with Crippen LogP contribution in [0.3, 0.4) is 0 Å². The van der Waals surface area contributed by atoms with E-state index in [0.29, 0.717) is 0 Å². The van der Waals surface area contributed by atoms with Crippen LogP contribution in [0, 0.1) is 0 Å². The van der Waals surface area contributed by atoms with E-state index in [4.69, 9.17) is 0 Å². The number of pyridine rings is 2. The van der Waals surface area contributed by atoms with Gasteiger partial charge >= 0.3 is 0 Å². The molecular weight excluding hydrogens is 318 g/mol. The number of nitrogens with zero attached hydrogens (tertiary/aromatic N) is 3. The molecule has 0 aliphatic heterocycles. The van der Waals surface area contributed by atoms with Gasteiger partial charge in [0.05, 0.1) is 11.2 Å². The van der Waals surface area contributed by atoms with E-state index < -0.39 is 0 Å². The fraction of sp³-hybridized carbons (Fsp3) is 0.0526. The number of hydrogen-bond acceptors (Lipinski definition) is 5. The van der Waals surface area contributed by atoms with Crippen LogP contribution in [0.1, 0.15) is 11.3 Å². The summed E-state index contributed by atoms with van der Waals surface area (Å²) in [5.41, 5.74) is 2.73. The van der Waals surface area contributed by atoms with E-state index >= 15 is 0 Å². The van der Waals surface area contributed by atoms with Gasteiger partial charge in [0, 0.05) is 18.6 Å². The Bertz CT molecular complexity index is 902. The van der Waals surface area contributed by atoms with Gasteiger partial charge in [0.15, 0.2) is 0 Å². The number of aromatic hydroxyl groups is 1. The van der Waals surface area contributed by atoms with Crippen molar-refractivity contribution >= 4 is 41.7 Å². The minimum atomic E-state index is 0.249. The zero-order chi connectivity index (χ0) is 16.9. The topological polar surface area (TPSA) is 49.2 Å².